The predicted octanol–water partition coefficient (Wildman–Crippen LogP) is 2.76. The Morgan fingerprint density at radius 3 is 3.11 bits per heavy atom. The van der Waals surface area contributed by atoms with Gasteiger partial charge in [0.15, 0.2) is 0 Å². The molecular weight excluding hydrogens is 344 g/mol. The van der Waals surface area contributed by atoms with Crippen molar-refractivity contribution in [1.29, 1.82) is 0 Å². The molecule has 2 bridgehead atoms. The average Bonchev–Trinajstić information content (AvgIpc) is 3.43. The van der Waals surface area contributed by atoms with Crippen LogP contribution in [0.25, 0.3) is 0 Å². The SMILES string of the molecule is CC=CCCCC(=O)NC[C@H]1[C@H]2CN(C(=O)c3ccoc3)C[C@]23CC[C@H]1O3. The first kappa shape index (κ1) is 18.3. The molecule has 4 rings (SSSR count). The number of unbranched alkanes of at least 4 members (excludes halogenated alkanes) is 1. The van der Waals surface area contributed by atoms with Gasteiger partial charge in [-0.3, -0.25) is 9.59 Å². The maximum absolute atomic E-state index is 12.7. The zero-order chi connectivity index (χ0) is 18.9. The molecule has 4 heterocycles. The Hall–Kier alpha value is -2.08. The van der Waals surface area contributed by atoms with Gasteiger partial charge in [0, 0.05) is 31.3 Å². The third-order valence-electron chi connectivity index (χ3n) is 6.38. The Labute approximate surface area is 159 Å². The molecule has 0 saturated carbocycles. The topological polar surface area (TPSA) is 71.8 Å². The number of allylic oxidation sites excluding steroid dienone is 2. The van der Waals surface area contributed by atoms with Gasteiger partial charge in [0.1, 0.15) is 6.26 Å². The van der Waals surface area contributed by atoms with E-state index >= 15 is 0 Å². The molecule has 1 N–H and O–H groups in total. The van der Waals surface area contributed by atoms with E-state index in [4.69, 9.17) is 9.15 Å². The van der Waals surface area contributed by atoms with Crippen molar-refractivity contribution in [3.05, 3.63) is 36.3 Å². The number of nitrogens with one attached hydrogen (secondary N) is 1. The maximum atomic E-state index is 12.7. The Balaban J connectivity index is 1.34. The lowest BCUT2D eigenvalue weighted by Gasteiger charge is -2.29. The summed E-state index contributed by atoms with van der Waals surface area (Å²) in [4.78, 5) is 26.7. The Morgan fingerprint density at radius 1 is 1.44 bits per heavy atom. The van der Waals surface area contributed by atoms with Gasteiger partial charge in [0.2, 0.25) is 5.91 Å². The minimum Gasteiger partial charge on any atom is -0.472 e. The first-order valence-electron chi connectivity index (χ1n) is 10.00. The smallest absolute Gasteiger partial charge is 0.257 e. The quantitative estimate of drug-likeness (QED) is 0.590. The van der Waals surface area contributed by atoms with Crippen LogP contribution >= 0.6 is 0 Å². The first-order valence-corrected chi connectivity index (χ1v) is 10.00. The number of furan rings is 1. The summed E-state index contributed by atoms with van der Waals surface area (Å²) >= 11 is 0. The lowest BCUT2D eigenvalue weighted by Crippen LogP contribution is -2.41. The molecule has 3 saturated heterocycles. The molecule has 1 aromatic rings. The minimum absolute atomic E-state index is 0.00587. The maximum Gasteiger partial charge on any atom is 0.257 e. The van der Waals surface area contributed by atoms with Gasteiger partial charge in [-0.1, -0.05) is 12.2 Å². The molecule has 6 nitrogen and oxygen atoms in total. The van der Waals surface area contributed by atoms with Crippen LogP contribution in [0, 0.1) is 11.8 Å². The molecule has 0 radical (unpaired) electrons. The van der Waals surface area contributed by atoms with Crippen molar-refractivity contribution in [2.24, 2.45) is 11.8 Å². The van der Waals surface area contributed by atoms with Crippen LogP contribution in [0.1, 0.15) is 49.4 Å². The van der Waals surface area contributed by atoms with E-state index in [2.05, 4.69) is 11.4 Å². The molecule has 3 aliphatic rings. The largest absolute Gasteiger partial charge is 0.472 e. The van der Waals surface area contributed by atoms with Crippen LogP contribution in [-0.4, -0.2) is 48.1 Å². The molecule has 3 fully saturated rings. The number of carbonyl (C=O) groups is 2. The number of hydrogen-bond donors (Lipinski definition) is 1. The third-order valence-corrected chi connectivity index (χ3v) is 6.38. The van der Waals surface area contributed by atoms with E-state index in [1.54, 1.807) is 6.07 Å². The lowest BCUT2D eigenvalue weighted by atomic mass is 9.73. The van der Waals surface area contributed by atoms with E-state index in [0.717, 1.165) is 25.7 Å². The average molecular weight is 372 g/mol. The molecule has 0 aliphatic carbocycles. The van der Waals surface area contributed by atoms with Gasteiger partial charge in [-0.15, -0.1) is 0 Å². The Morgan fingerprint density at radius 2 is 2.33 bits per heavy atom. The van der Waals surface area contributed by atoms with Crippen molar-refractivity contribution in [2.45, 2.75) is 50.7 Å². The molecule has 1 aromatic heterocycles. The number of carbonyl (C=O) groups excluding carboxylic acids is 2. The van der Waals surface area contributed by atoms with Crippen LogP contribution < -0.4 is 5.32 Å². The molecule has 27 heavy (non-hydrogen) atoms. The highest BCUT2D eigenvalue weighted by atomic mass is 16.5. The summed E-state index contributed by atoms with van der Waals surface area (Å²) in [5.41, 5.74) is 0.373. The molecule has 0 aromatic carbocycles. The number of amides is 2. The van der Waals surface area contributed by atoms with Crippen molar-refractivity contribution < 1.29 is 18.7 Å². The molecule has 1 spiro atoms. The van der Waals surface area contributed by atoms with Crippen LogP contribution in [0.5, 0.6) is 0 Å². The van der Waals surface area contributed by atoms with E-state index in [1.807, 2.05) is 17.9 Å². The van der Waals surface area contributed by atoms with Crippen molar-refractivity contribution >= 4 is 11.8 Å². The summed E-state index contributed by atoms with van der Waals surface area (Å²) in [5, 5.41) is 3.11. The Kier molecular flexibility index (Phi) is 5.08. The number of ether oxygens (including phenoxy) is 1. The van der Waals surface area contributed by atoms with Crippen molar-refractivity contribution in [3.8, 4) is 0 Å². The third kappa shape index (κ3) is 3.43. The summed E-state index contributed by atoms with van der Waals surface area (Å²) in [5.74, 6) is 0.711. The van der Waals surface area contributed by atoms with Crippen molar-refractivity contribution in [1.82, 2.24) is 10.2 Å². The normalized spacial score (nSPS) is 31.6. The van der Waals surface area contributed by atoms with Crippen molar-refractivity contribution in [3.63, 3.8) is 0 Å². The summed E-state index contributed by atoms with van der Waals surface area (Å²) in [7, 11) is 0. The highest BCUT2D eigenvalue weighted by Gasteiger charge is 2.63. The Bertz CT molecular complexity index is 714. The monoisotopic (exact) mass is 372 g/mol. The van der Waals surface area contributed by atoms with Crippen LogP contribution in [-0.2, 0) is 9.53 Å². The van der Waals surface area contributed by atoms with Gasteiger partial charge >= 0.3 is 0 Å². The van der Waals surface area contributed by atoms with E-state index in [0.29, 0.717) is 43.5 Å². The van der Waals surface area contributed by atoms with Gasteiger partial charge in [-0.2, -0.15) is 0 Å². The van der Waals surface area contributed by atoms with Gasteiger partial charge in [-0.25, -0.2) is 0 Å². The van der Waals surface area contributed by atoms with Crippen LogP contribution in [0.3, 0.4) is 0 Å². The second kappa shape index (κ2) is 7.50. The predicted molar refractivity (Wildman–Crippen MR) is 100 cm³/mol. The highest BCUT2D eigenvalue weighted by molar-refractivity contribution is 5.94. The summed E-state index contributed by atoms with van der Waals surface area (Å²) in [6, 6.07) is 1.71. The fraction of sp³-hybridized carbons (Fsp3) is 0.619. The minimum atomic E-state index is -0.217. The lowest BCUT2D eigenvalue weighted by molar-refractivity contribution is -0.121. The summed E-state index contributed by atoms with van der Waals surface area (Å²) < 4.78 is 11.4. The van der Waals surface area contributed by atoms with Crippen LogP contribution in [0.4, 0.5) is 0 Å². The van der Waals surface area contributed by atoms with Crippen LogP contribution in [0.2, 0.25) is 0 Å². The number of rotatable bonds is 7. The van der Waals surface area contributed by atoms with E-state index < -0.39 is 0 Å². The number of likely N-dealkylation sites (tertiary alicyclic amines) is 1. The highest BCUT2D eigenvalue weighted by Crippen LogP contribution is 2.54. The second-order valence-electron chi connectivity index (χ2n) is 7.99. The summed E-state index contributed by atoms with van der Waals surface area (Å²) in [6.45, 7) is 3.98. The molecule has 6 heteroatoms. The first-order chi connectivity index (χ1) is 13.1. The molecule has 146 valence electrons. The van der Waals surface area contributed by atoms with Gasteiger partial charge < -0.3 is 19.4 Å². The molecule has 4 atom stereocenters. The molecule has 2 amide bonds. The molecular formula is C21H28N2O4. The molecule has 3 aliphatic heterocycles. The van der Waals surface area contributed by atoms with E-state index in [1.165, 1.54) is 12.5 Å². The van der Waals surface area contributed by atoms with E-state index in [9.17, 15) is 9.59 Å². The van der Waals surface area contributed by atoms with Crippen molar-refractivity contribution in [2.75, 3.05) is 19.6 Å². The number of hydrogen-bond acceptors (Lipinski definition) is 4. The van der Waals surface area contributed by atoms with E-state index in [-0.39, 0.29) is 23.5 Å². The second-order valence-corrected chi connectivity index (χ2v) is 7.99. The standard InChI is InChI=1S/C21H28N2O4/c1-2-3-4-5-6-19(24)22-11-16-17-12-23(20(25)15-8-10-26-13-15)14-21(17)9-7-18(16)27-21/h2-3,8,10,13,16-18H,4-7,9,11-12,14H2,1H3,(H,22,24)/t16-,17+,18+,21+/m0/s1. The zero-order valence-electron chi connectivity index (χ0n) is 15.9. The zero-order valence-corrected chi connectivity index (χ0v) is 15.9. The van der Waals surface area contributed by atoms with Gasteiger partial charge in [0.05, 0.1) is 30.1 Å². The molecule has 0 unspecified atom stereocenters. The van der Waals surface area contributed by atoms with Gasteiger partial charge in [0.25, 0.3) is 5.91 Å². The van der Waals surface area contributed by atoms with Crippen LogP contribution in [0.15, 0.2) is 35.2 Å². The summed E-state index contributed by atoms with van der Waals surface area (Å²) in [6.07, 6.45) is 11.7. The number of nitrogens with zero attached hydrogens (tertiary/aromatic N) is 1. The fourth-order valence-corrected chi connectivity index (χ4v) is 5.05. The fourth-order valence-electron chi connectivity index (χ4n) is 5.05. The van der Waals surface area contributed by atoms with Gasteiger partial charge in [-0.05, 0) is 38.7 Å². The number of fused-ring (bicyclic) bond motifs is 1.